The number of nitrogens with one attached hydrogen (secondary N) is 1. The van der Waals surface area contributed by atoms with Gasteiger partial charge in [-0.2, -0.15) is 28.5 Å². The molecule has 11 heteroatoms. The predicted molar refractivity (Wildman–Crippen MR) is 125 cm³/mol. The molecule has 0 aliphatic heterocycles. The Kier molecular flexibility index (Phi) is 6.24. The minimum absolute atomic E-state index is 0.219. The van der Waals surface area contributed by atoms with Crippen molar-refractivity contribution < 1.29 is 13.2 Å². The van der Waals surface area contributed by atoms with Crippen LogP contribution in [0.2, 0.25) is 0 Å². The van der Waals surface area contributed by atoms with Crippen molar-refractivity contribution in [2.75, 3.05) is 0 Å². The van der Waals surface area contributed by atoms with E-state index in [9.17, 15) is 13.2 Å². The average Bonchev–Trinajstić information content (AvgIpc) is 3.39. The number of aromatic nitrogens is 7. The monoisotopic (exact) mass is 489 g/mol. The number of alkyl halides is 3. The second-order valence-electron chi connectivity index (χ2n) is 8.64. The van der Waals surface area contributed by atoms with Crippen LogP contribution in [-0.2, 0) is 19.3 Å². The molecule has 0 aliphatic rings. The molecular formula is C23H26F3N7S. The van der Waals surface area contributed by atoms with Crippen molar-refractivity contribution in [2.45, 2.75) is 59.8 Å². The number of rotatable bonds is 6. The standard InChI is InChI=1S/C23H26F3N7S/c1-13-6-8-18(9-7-13)12-32-17(5)20(16(4)29-32)33-21(27-28-22(33)34)14(2)11-31-15(3)10-19(30-31)23(24,25)26/h6-10,14H,11-12H2,1-5H3,(H,28,34)/t14-/m0/s1. The lowest BCUT2D eigenvalue weighted by molar-refractivity contribution is -0.141. The van der Waals surface area contributed by atoms with Crippen LogP contribution >= 0.6 is 12.2 Å². The van der Waals surface area contributed by atoms with Crippen LogP contribution < -0.4 is 0 Å². The zero-order valence-electron chi connectivity index (χ0n) is 19.6. The fourth-order valence-electron chi connectivity index (χ4n) is 4.06. The summed E-state index contributed by atoms with van der Waals surface area (Å²) in [5, 5.41) is 15.7. The Morgan fingerprint density at radius 1 is 1.03 bits per heavy atom. The highest BCUT2D eigenvalue weighted by Crippen LogP contribution is 2.30. The Hall–Kier alpha value is -3.21. The van der Waals surface area contributed by atoms with Gasteiger partial charge in [-0.15, -0.1) is 0 Å². The number of halogens is 3. The maximum Gasteiger partial charge on any atom is 0.435 e. The van der Waals surface area contributed by atoms with Gasteiger partial charge >= 0.3 is 6.18 Å². The number of H-pyrrole nitrogens is 1. The van der Waals surface area contributed by atoms with Crippen LogP contribution in [0, 0.1) is 32.5 Å². The van der Waals surface area contributed by atoms with E-state index in [1.807, 2.05) is 36.9 Å². The van der Waals surface area contributed by atoms with Crippen molar-refractivity contribution in [3.8, 4) is 5.69 Å². The SMILES string of the molecule is Cc1ccc(Cn2nc(C)c(-n3c([C@@H](C)Cn4nc(C(F)(F)F)cc4C)n[nH]c3=S)c2C)cc1. The molecule has 1 aromatic carbocycles. The number of aromatic amines is 1. The molecule has 1 N–H and O–H groups in total. The van der Waals surface area contributed by atoms with Crippen molar-refractivity contribution in [3.63, 3.8) is 0 Å². The molecule has 0 bridgehead atoms. The average molecular weight is 490 g/mol. The van der Waals surface area contributed by atoms with Crippen LogP contribution in [0.1, 0.15) is 52.6 Å². The fourth-order valence-corrected chi connectivity index (χ4v) is 4.29. The van der Waals surface area contributed by atoms with E-state index in [-0.39, 0.29) is 12.5 Å². The summed E-state index contributed by atoms with van der Waals surface area (Å²) in [4.78, 5) is 0. The van der Waals surface area contributed by atoms with Gasteiger partial charge in [0.05, 0.1) is 30.2 Å². The van der Waals surface area contributed by atoms with Crippen molar-refractivity contribution in [3.05, 3.63) is 74.8 Å². The minimum atomic E-state index is -4.49. The van der Waals surface area contributed by atoms with E-state index in [0.29, 0.717) is 22.8 Å². The van der Waals surface area contributed by atoms with Gasteiger partial charge in [0.1, 0.15) is 5.82 Å². The quantitative estimate of drug-likeness (QED) is 0.367. The van der Waals surface area contributed by atoms with Gasteiger partial charge < -0.3 is 0 Å². The predicted octanol–water partition coefficient (Wildman–Crippen LogP) is 5.43. The van der Waals surface area contributed by atoms with Crippen molar-refractivity contribution >= 4 is 12.2 Å². The van der Waals surface area contributed by atoms with Crippen LogP contribution in [0.4, 0.5) is 13.2 Å². The lowest BCUT2D eigenvalue weighted by Crippen LogP contribution is -2.15. The maximum absolute atomic E-state index is 13.1. The Bertz CT molecular complexity index is 1370. The molecule has 4 aromatic rings. The van der Waals surface area contributed by atoms with Crippen LogP contribution in [-0.4, -0.2) is 34.3 Å². The van der Waals surface area contributed by atoms with E-state index in [1.54, 1.807) is 6.92 Å². The zero-order valence-corrected chi connectivity index (χ0v) is 20.4. The van der Waals surface area contributed by atoms with Crippen molar-refractivity contribution in [1.29, 1.82) is 0 Å². The first-order valence-electron chi connectivity index (χ1n) is 10.8. The largest absolute Gasteiger partial charge is 0.435 e. The Labute approximate surface area is 200 Å². The van der Waals surface area contributed by atoms with E-state index >= 15 is 0 Å². The van der Waals surface area contributed by atoms with Crippen molar-refractivity contribution in [2.24, 2.45) is 0 Å². The molecule has 0 amide bonds. The third-order valence-corrected chi connectivity index (χ3v) is 6.15. The van der Waals surface area contributed by atoms with Crippen LogP contribution in [0.15, 0.2) is 30.3 Å². The third kappa shape index (κ3) is 4.56. The smallest absolute Gasteiger partial charge is 0.269 e. The molecule has 7 nitrogen and oxygen atoms in total. The molecule has 1 atom stereocenters. The summed E-state index contributed by atoms with van der Waals surface area (Å²) >= 11 is 5.53. The van der Waals surface area contributed by atoms with E-state index in [2.05, 4.69) is 39.6 Å². The summed E-state index contributed by atoms with van der Waals surface area (Å²) < 4.78 is 44.7. The van der Waals surface area contributed by atoms with Gasteiger partial charge in [0, 0.05) is 11.6 Å². The van der Waals surface area contributed by atoms with Gasteiger partial charge in [0.2, 0.25) is 0 Å². The normalized spacial score (nSPS) is 12.9. The molecule has 0 fully saturated rings. The summed E-state index contributed by atoms with van der Waals surface area (Å²) in [5.41, 5.74) is 4.36. The summed E-state index contributed by atoms with van der Waals surface area (Å²) in [5.74, 6) is 0.335. The van der Waals surface area contributed by atoms with Gasteiger partial charge in [0.25, 0.3) is 0 Å². The maximum atomic E-state index is 13.1. The molecule has 0 aliphatic carbocycles. The van der Waals surface area contributed by atoms with E-state index < -0.39 is 11.9 Å². The van der Waals surface area contributed by atoms with Gasteiger partial charge in [-0.05, 0) is 51.5 Å². The Morgan fingerprint density at radius 3 is 2.32 bits per heavy atom. The van der Waals surface area contributed by atoms with Crippen molar-refractivity contribution in [1.82, 2.24) is 34.3 Å². The summed E-state index contributed by atoms with van der Waals surface area (Å²) in [6.07, 6.45) is -4.49. The summed E-state index contributed by atoms with van der Waals surface area (Å²) in [6, 6.07) is 9.33. The molecule has 0 saturated heterocycles. The molecule has 0 radical (unpaired) electrons. The molecule has 180 valence electrons. The number of hydrogen-bond acceptors (Lipinski definition) is 4. The van der Waals surface area contributed by atoms with E-state index in [4.69, 9.17) is 17.3 Å². The minimum Gasteiger partial charge on any atom is -0.269 e. The topological polar surface area (TPSA) is 69.2 Å². The molecule has 0 saturated carbocycles. The highest BCUT2D eigenvalue weighted by Gasteiger charge is 2.34. The lowest BCUT2D eigenvalue weighted by Gasteiger charge is -2.15. The first kappa shape index (κ1) is 23.9. The van der Waals surface area contributed by atoms with Crippen LogP contribution in [0.3, 0.4) is 0 Å². The summed E-state index contributed by atoms with van der Waals surface area (Å²) in [7, 11) is 0. The van der Waals surface area contributed by atoms with E-state index in [0.717, 1.165) is 28.7 Å². The molecule has 3 aromatic heterocycles. The van der Waals surface area contributed by atoms with Gasteiger partial charge in [-0.3, -0.25) is 19.0 Å². The highest BCUT2D eigenvalue weighted by molar-refractivity contribution is 7.71. The van der Waals surface area contributed by atoms with Crippen LogP contribution in [0.5, 0.6) is 0 Å². The lowest BCUT2D eigenvalue weighted by atomic mass is 10.1. The molecular weight excluding hydrogens is 463 g/mol. The molecule has 0 unspecified atom stereocenters. The Morgan fingerprint density at radius 2 is 1.71 bits per heavy atom. The summed E-state index contributed by atoms with van der Waals surface area (Å²) in [6.45, 7) is 10.2. The molecule has 4 rings (SSSR count). The van der Waals surface area contributed by atoms with Gasteiger partial charge in [-0.1, -0.05) is 36.8 Å². The van der Waals surface area contributed by atoms with Gasteiger partial charge in [0.15, 0.2) is 10.5 Å². The first-order valence-corrected chi connectivity index (χ1v) is 11.3. The number of benzene rings is 1. The second kappa shape index (κ2) is 8.86. The Balaban J connectivity index is 1.67. The van der Waals surface area contributed by atoms with Crippen LogP contribution in [0.25, 0.3) is 5.69 Å². The fraction of sp³-hybridized carbons (Fsp3) is 0.391. The molecule has 34 heavy (non-hydrogen) atoms. The second-order valence-corrected chi connectivity index (χ2v) is 9.02. The number of hydrogen-bond donors (Lipinski definition) is 1. The zero-order chi connectivity index (χ0) is 24.8. The molecule has 3 heterocycles. The third-order valence-electron chi connectivity index (χ3n) is 5.88. The first-order chi connectivity index (χ1) is 16.0. The highest BCUT2D eigenvalue weighted by atomic mass is 32.1. The van der Waals surface area contributed by atoms with Gasteiger partial charge in [-0.25, -0.2) is 0 Å². The number of aryl methyl sites for hydroxylation is 3. The number of nitrogens with zero attached hydrogens (tertiary/aromatic N) is 6. The molecule has 0 spiro atoms. The van der Waals surface area contributed by atoms with E-state index in [1.165, 1.54) is 10.2 Å².